The van der Waals surface area contributed by atoms with Crippen molar-refractivity contribution >= 4 is 0 Å². The quantitative estimate of drug-likeness (QED) is 0.810. The van der Waals surface area contributed by atoms with Crippen LogP contribution in [-0.2, 0) is 6.18 Å². The summed E-state index contributed by atoms with van der Waals surface area (Å²) in [6, 6.07) is 0.512. The first-order valence-corrected chi connectivity index (χ1v) is 5.71. The fraction of sp³-hybridized carbons (Fsp3) is 0.500. The van der Waals surface area contributed by atoms with Crippen molar-refractivity contribution in [3.8, 4) is 0 Å². The van der Waals surface area contributed by atoms with Crippen LogP contribution in [-0.4, -0.2) is 12.7 Å². The maximum absolute atomic E-state index is 13.1. The number of halogens is 7. The fourth-order valence-electron chi connectivity index (χ4n) is 1.76. The monoisotopic (exact) mass is 303 g/mol. The molecular formula is C12H12F7N. The molecule has 1 nitrogen and oxygen atoms in total. The molecule has 1 atom stereocenters. The summed E-state index contributed by atoms with van der Waals surface area (Å²) in [4.78, 5) is 0. The summed E-state index contributed by atoms with van der Waals surface area (Å²) in [5.41, 5.74) is -1.82. The molecule has 0 fully saturated rings. The van der Waals surface area contributed by atoms with Crippen LogP contribution in [0.4, 0.5) is 30.7 Å². The molecule has 0 radical (unpaired) electrons. The average molecular weight is 303 g/mol. The van der Waals surface area contributed by atoms with E-state index >= 15 is 0 Å². The minimum absolute atomic E-state index is 0.138. The van der Waals surface area contributed by atoms with Gasteiger partial charge in [-0.15, -0.1) is 0 Å². The highest BCUT2D eigenvalue weighted by Crippen LogP contribution is 2.35. The first-order chi connectivity index (χ1) is 9.04. The Labute approximate surface area is 110 Å². The summed E-state index contributed by atoms with van der Waals surface area (Å²) in [6.45, 7) is 1.66. The molecule has 1 aromatic carbocycles. The Bertz CT molecular complexity index is 450. The Morgan fingerprint density at radius 1 is 1.10 bits per heavy atom. The molecule has 1 aromatic rings. The van der Waals surface area contributed by atoms with E-state index in [0.29, 0.717) is 12.1 Å². The van der Waals surface area contributed by atoms with Crippen LogP contribution >= 0.6 is 0 Å². The zero-order valence-electron chi connectivity index (χ0n) is 10.4. The highest BCUT2D eigenvalue weighted by molar-refractivity contribution is 5.29. The van der Waals surface area contributed by atoms with E-state index in [0.717, 1.165) is 6.07 Å². The van der Waals surface area contributed by atoms with Gasteiger partial charge in [-0.2, -0.15) is 26.3 Å². The highest BCUT2D eigenvalue weighted by atomic mass is 19.4. The number of benzene rings is 1. The Morgan fingerprint density at radius 2 is 1.70 bits per heavy atom. The number of nitrogens with one attached hydrogen (secondary N) is 1. The van der Waals surface area contributed by atoms with E-state index in [1.54, 1.807) is 0 Å². The Morgan fingerprint density at radius 3 is 2.15 bits per heavy atom. The van der Waals surface area contributed by atoms with Crippen molar-refractivity contribution in [2.45, 2.75) is 31.7 Å². The minimum atomic E-state index is -4.95. The second kappa shape index (κ2) is 5.99. The summed E-state index contributed by atoms with van der Waals surface area (Å²) in [5, 5.41) is 2.44. The molecule has 0 bridgehead atoms. The van der Waals surface area contributed by atoms with Gasteiger partial charge >= 0.3 is 12.4 Å². The van der Waals surface area contributed by atoms with E-state index in [-0.39, 0.29) is 12.1 Å². The van der Waals surface area contributed by atoms with Crippen LogP contribution < -0.4 is 5.32 Å². The lowest BCUT2D eigenvalue weighted by Crippen LogP contribution is -2.27. The molecule has 0 aromatic heterocycles. The summed E-state index contributed by atoms with van der Waals surface area (Å²) in [5.74, 6) is -1.51. The van der Waals surface area contributed by atoms with Crippen LogP contribution in [0.3, 0.4) is 0 Å². The Hall–Kier alpha value is -1.31. The van der Waals surface area contributed by atoms with Gasteiger partial charge < -0.3 is 5.32 Å². The van der Waals surface area contributed by atoms with Gasteiger partial charge in [-0.05, 0) is 24.2 Å². The fourth-order valence-corrected chi connectivity index (χ4v) is 1.76. The van der Waals surface area contributed by atoms with Crippen LogP contribution in [0.5, 0.6) is 0 Å². The van der Waals surface area contributed by atoms with Gasteiger partial charge in [0.25, 0.3) is 0 Å². The third-order valence-electron chi connectivity index (χ3n) is 2.58. The van der Waals surface area contributed by atoms with E-state index in [2.05, 4.69) is 5.32 Å². The number of hydrogen-bond donors (Lipinski definition) is 1. The molecule has 1 rings (SSSR count). The maximum Gasteiger partial charge on any atom is 0.419 e. The molecule has 114 valence electrons. The number of hydrogen-bond acceptors (Lipinski definition) is 1. The largest absolute Gasteiger partial charge is 0.419 e. The molecule has 0 saturated carbocycles. The topological polar surface area (TPSA) is 12.0 Å². The molecule has 0 spiro atoms. The molecule has 0 aliphatic carbocycles. The van der Waals surface area contributed by atoms with Gasteiger partial charge in [0.1, 0.15) is 5.82 Å². The lowest BCUT2D eigenvalue weighted by molar-refractivity contribution is -0.140. The molecule has 1 N–H and O–H groups in total. The van der Waals surface area contributed by atoms with E-state index < -0.39 is 36.2 Å². The molecule has 0 aliphatic rings. The molecule has 0 saturated heterocycles. The maximum atomic E-state index is 13.1. The first kappa shape index (κ1) is 16.7. The van der Waals surface area contributed by atoms with Gasteiger partial charge in [0.2, 0.25) is 0 Å². The Balaban J connectivity index is 3.15. The standard InChI is InChI=1S/C12H12F7N/c1-2-20-10(6-11(14,15)16)7-3-4-9(13)8(5-7)12(17,18)19/h3-5,10,20H,2,6H2,1H3. The second-order valence-corrected chi connectivity index (χ2v) is 4.17. The molecule has 0 heterocycles. The average Bonchev–Trinajstić information content (AvgIpc) is 2.25. The molecule has 0 amide bonds. The summed E-state index contributed by atoms with van der Waals surface area (Å²) in [7, 11) is 0. The minimum Gasteiger partial charge on any atom is -0.310 e. The van der Waals surface area contributed by atoms with Gasteiger partial charge in [-0.3, -0.25) is 0 Å². The highest BCUT2D eigenvalue weighted by Gasteiger charge is 2.36. The van der Waals surface area contributed by atoms with Crippen LogP contribution in [0.25, 0.3) is 0 Å². The molecule has 0 aliphatic heterocycles. The van der Waals surface area contributed by atoms with Crippen molar-refractivity contribution in [1.29, 1.82) is 0 Å². The zero-order chi connectivity index (χ0) is 15.6. The van der Waals surface area contributed by atoms with Crippen molar-refractivity contribution in [3.63, 3.8) is 0 Å². The number of rotatable bonds is 4. The predicted octanol–water partition coefficient (Wildman–Crippen LogP) is 4.45. The van der Waals surface area contributed by atoms with Crippen molar-refractivity contribution in [2.24, 2.45) is 0 Å². The second-order valence-electron chi connectivity index (χ2n) is 4.17. The van der Waals surface area contributed by atoms with Crippen LogP contribution in [0, 0.1) is 5.82 Å². The van der Waals surface area contributed by atoms with Crippen molar-refractivity contribution in [2.75, 3.05) is 6.54 Å². The lowest BCUT2D eigenvalue weighted by atomic mass is 10.0. The molecule has 1 unspecified atom stereocenters. The third kappa shape index (κ3) is 4.66. The van der Waals surface area contributed by atoms with Gasteiger partial charge in [0, 0.05) is 6.04 Å². The Kier molecular flexibility index (Phi) is 5.01. The summed E-state index contributed by atoms with van der Waals surface area (Å²) in [6.07, 6.45) is -10.8. The van der Waals surface area contributed by atoms with Crippen LogP contribution in [0.15, 0.2) is 18.2 Å². The van der Waals surface area contributed by atoms with Crippen molar-refractivity contribution < 1.29 is 30.7 Å². The molecule has 8 heteroatoms. The van der Waals surface area contributed by atoms with Crippen LogP contribution in [0.2, 0.25) is 0 Å². The van der Waals surface area contributed by atoms with Crippen molar-refractivity contribution in [1.82, 2.24) is 5.32 Å². The number of alkyl halides is 6. The van der Waals surface area contributed by atoms with E-state index in [4.69, 9.17) is 0 Å². The van der Waals surface area contributed by atoms with Crippen LogP contribution in [0.1, 0.15) is 30.5 Å². The smallest absolute Gasteiger partial charge is 0.310 e. The lowest BCUT2D eigenvalue weighted by Gasteiger charge is -2.21. The van der Waals surface area contributed by atoms with E-state index in [9.17, 15) is 30.7 Å². The first-order valence-electron chi connectivity index (χ1n) is 5.71. The molecular weight excluding hydrogens is 291 g/mol. The normalized spacial score (nSPS) is 14.4. The van der Waals surface area contributed by atoms with Gasteiger partial charge in [0.05, 0.1) is 12.0 Å². The summed E-state index contributed by atoms with van der Waals surface area (Å²) < 4.78 is 87.9. The van der Waals surface area contributed by atoms with Gasteiger partial charge in [0.15, 0.2) is 0 Å². The molecule has 20 heavy (non-hydrogen) atoms. The van der Waals surface area contributed by atoms with E-state index in [1.165, 1.54) is 6.92 Å². The van der Waals surface area contributed by atoms with Gasteiger partial charge in [-0.25, -0.2) is 4.39 Å². The van der Waals surface area contributed by atoms with E-state index in [1.807, 2.05) is 0 Å². The predicted molar refractivity (Wildman–Crippen MR) is 58.5 cm³/mol. The third-order valence-corrected chi connectivity index (χ3v) is 2.58. The SMILES string of the molecule is CCNC(CC(F)(F)F)c1ccc(F)c(C(F)(F)F)c1. The summed E-state index contributed by atoms with van der Waals surface area (Å²) >= 11 is 0. The van der Waals surface area contributed by atoms with Gasteiger partial charge in [-0.1, -0.05) is 13.0 Å². The van der Waals surface area contributed by atoms with Crippen molar-refractivity contribution in [3.05, 3.63) is 35.1 Å². The zero-order valence-corrected chi connectivity index (χ0v) is 10.4.